The molecule has 0 spiro atoms. The lowest BCUT2D eigenvalue weighted by molar-refractivity contribution is -0.0362. The molecule has 4 heterocycles. The number of thioether (sulfide) groups is 1. The lowest BCUT2D eigenvalue weighted by atomic mass is 9.29. The predicted octanol–water partition coefficient (Wildman–Crippen LogP) is 8.99. The van der Waals surface area contributed by atoms with Crippen LogP contribution in [-0.2, 0) is 0 Å². The summed E-state index contributed by atoms with van der Waals surface area (Å²) in [6.07, 6.45) is 21.7. The van der Waals surface area contributed by atoms with E-state index in [1.165, 1.54) is 102 Å². The maximum atomic E-state index is 6.24. The fraction of sp³-hybridized carbons (Fsp3) is 0.786. The van der Waals surface area contributed by atoms with Crippen LogP contribution in [0, 0.1) is 60.7 Å². The van der Waals surface area contributed by atoms with Gasteiger partial charge in [0, 0.05) is 34.9 Å². The van der Waals surface area contributed by atoms with Crippen molar-refractivity contribution in [2.24, 2.45) is 51.8 Å². The summed E-state index contributed by atoms with van der Waals surface area (Å²) < 4.78 is 0. The lowest BCUT2D eigenvalue weighted by Crippen LogP contribution is -2.72. The Morgan fingerprint density at radius 2 is 1.62 bits per heavy atom. The highest BCUT2D eigenvalue weighted by Gasteiger charge is 2.68. The summed E-state index contributed by atoms with van der Waals surface area (Å²) in [6.45, 7) is 10.9. The first-order chi connectivity index (χ1) is 22.9. The number of rotatable bonds is 1. The molecule has 0 N–H and O–H groups in total. The standard InChI is InChI=1S/C42H58BN3S/c1-23-11-9-12-24(2)36(23)43-30-21-19-25-13-10-17-31-34(25)39(30)46(38-28-15-6-8-18-33(28)47-40(38)43)41-44-37-32(45(31)41)22-20-27-26-14-5-7-16-29(26)42(3,4)35(27)37/h9,11-12,25-35,37,39H,5-8,10,13-22H2,1-4H3. The second kappa shape index (κ2) is 10.4. The zero-order valence-corrected chi connectivity index (χ0v) is 30.5. The minimum absolute atomic E-state index is 0.430. The van der Waals surface area contributed by atoms with Gasteiger partial charge in [-0.3, -0.25) is 0 Å². The van der Waals surface area contributed by atoms with E-state index in [4.69, 9.17) is 4.99 Å². The fourth-order valence-corrected chi connectivity index (χ4v) is 17.6. The number of nitrogens with zero attached hydrogens (tertiary/aromatic N) is 3. The van der Waals surface area contributed by atoms with Gasteiger partial charge in [0.15, 0.2) is 0 Å². The van der Waals surface area contributed by atoms with Gasteiger partial charge in [0.05, 0.1) is 12.1 Å². The van der Waals surface area contributed by atoms with Gasteiger partial charge in [0.2, 0.25) is 12.7 Å². The van der Waals surface area contributed by atoms with E-state index >= 15 is 0 Å². The molecule has 10 aliphatic rings. The van der Waals surface area contributed by atoms with Gasteiger partial charge in [-0.2, -0.15) is 0 Å². The number of aliphatic imine (C=N–C) groups is 1. The molecule has 0 radical (unpaired) electrons. The molecule has 5 heteroatoms. The summed E-state index contributed by atoms with van der Waals surface area (Å²) in [6, 6.07) is 9.76. The van der Waals surface area contributed by atoms with Gasteiger partial charge in [-0.05, 0) is 111 Å². The Bertz CT molecular complexity index is 1530. The quantitative estimate of drug-likeness (QED) is 0.284. The minimum Gasteiger partial charge on any atom is -0.334 e. The molecular formula is C42H58BN3S. The van der Waals surface area contributed by atoms with Gasteiger partial charge >= 0.3 is 0 Å². The van der Waals surface area contributed by atoms with E-state index in [-0.39, 0.29) is 0 Å². The van der Waals surface area contributed by atoms with Gasteiger partial charge in [-0.15, -0.1) is 11.8 Å². The van der Waals surface area contributed by atoms with Crippen molar-refractivity contribution in [3.8, 4) is 0 Å². The Morgan fingerprint density at radius 1 is 0.809 bits per heavy atom. The number of allylic oxidation sites excluding steroid dienone is 1. The van der Waals surface area contributed by atoms with Crippen molar-refractivity contribution < 1.29 is 0 Å². The molecular weight excluding hydrogens is 589 g/mol. The number of fused-ring (bicyclic) bond motifs is 12. The third-order valence-electron chi connectivity index (χ3n) is 17.1. The van der Waals surface area contributed by atoms with Crippen molar-refractivity contribution in [2.45, 2.75) is 159 Å². The van der Waals surface area contributed by atoms with Crippen molar-refractivity contribution >= 4 is 29.9 Å². The zero-order chi connectivity index (χ0) is 31.3. The van der Waals surface area contributed by atoms with E-state index in [9.17, 15) is 0 Å². The van der Waals surface area contributed by atoms with Crippen LogP contribution in [0.1, 0.15) is 121 Å². The summed E-state index contributed by atoms with van der Waals surface area (Å²) in [7, 11) is 0. The van der Waals surface area contributed by atoms with Gasteiger partial charge < -0.3 is 9.80 Å². The maximum Gasteiger partial charge on any atom is 0.225 e. The molecule has 0 aromatic heterocycles. The van der Waals surface area contributed by atoms with E-state index in [1.807, 2.05) is 10.5 Å². The molecule has 6 aliphatic carbocycles. The Kier molecular flexibility index (Phi) is 6.47. The number of aryl methyl sites for hydroxylation is 2. The van der Waals surface area contributed by atoms with Gasteiger partial charge in [0.1, 0.15) is 0 Å². The molecule has 250 valence electrons. The summed E-state index contributed by atoms with van der Waals surface area (Å²) in [4.78, 5) is 14.3. The number of hydrogen-bond acceptors (Lipinski definition) is 4. The first-order valence-corrected chi connectivity index (χ1v) is 21.4. The highest BCUT2D eigenvalue weighted by atomic mass is 32.2. The van der Waals surface area contributed by atoms with Gasteiger partial charge in [-0.25, -0.2) is 4.99 Å². The highest BCUT2D eigenvalue weighted by Crippen LogP contribution is 2.67. The molecule has 0 bridgehead atoms. The molecule has 11 rings (SSSR count). The van der Waals surface area contributed by atoms with E-state index in [2.05, 4.69) is 67.5 Å². The molecule has 1 aromatic rings. The van der Waals surface area contributed by atoms with Crippen LogP contribution in [-0.4, -0.2) is 51.9 Å². The van der Waals surface area contributed by atoms with Crippen molar-refractivity contribution in [3.05, 3.63) is 39.8 Å². The Morgan fingerprint density at radius 3 is 2.49 bits per heavy atom. The highest BCUT2D eigenvalue weighted by molar-refractivity contribution is 8.06. The number of benzene rings is 1. The van der Waals surface area contributed by atoms with Crippen LogP contribution in [0.15, 0.2) is 33.7 Å². The Balaban J connectivity index is 1.11. The second-order valence-electron chi connectivity index (χ2n) is 19.1. The summed E-state index contributed by atoms with van der Waals surface area (Å²) in [5.41, 5.74) is 7.05. The molecule has 6 saturated carbocycles. The Hall–Kier alpha value is -1.36. The Labute approximate surface area is 289 Å². The normalized spacial score (nSPS) is 46.9. The van der Waals surface area contributed by atoms with Crippen molar-refractivity contribution in [1.29, 1.82) is 0 Å². The smallest absolute Gasteiger partial charge is 0.225 e. The largest absolute Gasteiger partial charge is 0.334 e. The van der Waals surface area contributed by atoms with Crippen LogP contribution < -0.4 is 5.46 Å². The van der Waals surface area contributed by atoms with E-state index in [1.54, 1.807) is 16.6 Å². The first kappa shape index (κ1) is 29.4. The molecule has 4 aliphatic heterocycles. The molecule has 7 fully saturated rings. The van der Waals surface area contributed by atoms with Crippen LogP contribution in [0.5, 0.6) is 0 Å². The third kappa shape index (κ3) is 3.78. The van der Waals surface area contributed by atoms with Crippen molar-refractivity contribution in [1.82, 2.24) is 9.80 Å². The van der Waals surface area contributed by atoms with Crippen molar-refractivity contribution in [2.75, 3.05) is 0 Å². The number of hydrogen-bond donors (Lipinski definition) is 0. The summed E-state index contributed by atoms with van der Waals surface area (Å²) in [5, 5.41) is 0.791. The van der Waals surface area contributed by atoms with Gasteiger partial charge in [0.25, 0.3) is 0 Å². The fourth-order valence-electron chi connectivity index (χ4n) is 15.7. The topological polar surface area (TPSA) is 18.8 Å². The summed E-state index contributed by atoms with van der Waals surface area (Å²) >= 11 is 2.37. The molecule has 47 heavy (non-hydrogen) atoms. The van der Waals surface area contributed by atoms with Crippen LogP contribution in [0.3, 0.4) is 0 Å². The van der Waals surface area contributed by atoms with Crippen molar-refractivity contribution in [3.63, 3.8) is 0 Å². The van der Waals surface area contributed by atoms with Crippen LogP contribution >= 0.6 is 11.8 Å². The number of guanidine groups is 1. The second-order valence-corrected chi connectivity index (χ2v) is 20.3. The van der Waals surface area contributed by atoms with E-state index in [0.717, 1.165) is 58.5 Å². The molecule has 1 saturated heterocycles. The monoisotopic (exact) mass is 647 g/mol. The molecule has 3 nitrogen and oxygen atoms in total. The molecule has 13 unspecified atom stereocenters. The third-order valence-corrected chi connectivity index (χ3v) is 18.7. The molecule has 1 aromatic carbocycles. The predicted molar refractivity (Wildman–Crippen MR) is 197 cm³/mol. The SMILES string of the molecule is Cc1cccc(C)c1B1C2=C(C3CCCCC3S2)N2C3=NC4C(CCC5C6CCCCC6C(C)(C)C54)N3C3CCCC4CCC1C2C43. The minimum atomic E-state index is 0.430. The van der Waals surface area contributed by atoms with E-state index < -0.39 is 0 Å². The van der Waals surface area contributed by atoms with Crippen LogP contribution in [0.25, 0.3) is 0 Å². The lowest BCUT2D eigenvalue weighted by Gasteiger charge is -2.64. The maximum absolute atomic E-state index is 6.24. The van der Waals surface area contributed by atoms with Crippen LogP contribution in [0.2, 0.25) is 5.82 Å². The first-order valence-electron chi connectivity index (χ1n) is 20.6. The van der Waals surface area contributed by atoms with Crippen LogP contribution in [0.4, 0.5) is 0 Å². The van der Waals surface area contributed by atoms with E-state index in [0.29, 0.717) is 30.3 Å². The molecule has 0 amide bonds. The summed E-state index contributed by atoms with van der Waals surface area (Å²) in [5.74, 6) is 8.34. The average molecular weight is 648 g/mol. The zero-order valence-electron chi connectivity index (χ0n) is 29.7. The van der Waals surface area contributed by atoms with Gasteiger partial charge in [-0.1, -0.05) is 93.6 Å². The average Bonchev–Trinajstić information content (AvgIpc) is 3.73. The molecule has 13 atom stereocenters.